The van der Waals surface area contributed by atoms with Gasteiger partial charge in [0.2, 0.25) is 0 Å². The summed E-state index contributed by atoms with van der Waals surface area (Å²) in [4.78, 5) is 1.31. The normalized spacial score (nSPS) is 18.1. The molecule has 1 unspecified atom stereocenters. The molecule has 1 atom stereocenters. The predicted octanol–water partition coefficient (Wildman–Crippen LogP) is 6.38. The van der Waals surface area contributed by atoms with Gasteiger partial charge in [0.1, 0.15) is 11.9 Å². The second-order valence-corrected chi connectivity index (χ2v) is 8.51. The number of alkyl halides is 1. The van der Waals surface area contributed by atoms with E-state index in [2.05, 4.69) is 82.3 Å². The lowest BCUT2D eigenvalue weighted by molar-refractivity contribution is 0.217. The molecule has 0 saturated carbocycles. The smallest absolute Gasteiger partial charge is 0.134 e. The number of nitrogens with zero attached hydrogens (tertiary/aromatic N) is 1. The minimum absolute atomic E-state index is 0.256. The van der Waals surface area contributed by atoms with Crippen molar-refractivity contribution >= 4 is 56.6 Å². The Morgan fingerprint density at radius 1 is 1.19 bits per heavy atom. The van der Waals surface area contributed by atoms with E-state index >= 15 is 0 Å². The summed E-state index contributed by atoms with van der Waals surface area (Å²) in [6, 6.07) is 17.4. The number of aromatic nitrogens is 1. The molecule has 0 N–H and O–H groups in total. The summed E-state index contributed by atoms with van der Waals surface area (Å²) in [7, 11) is 0. The molecule has 0 bridgehead atoms. The first kappa shape index (κ1) is 16.5. The van der Waals surface area contributed by atoms with Crippen LogP contribution in [0.25, 0.3) is 22.2 Å². The second-order valence-electron chi connectivity index (χ2n) is 6.60. The van der Waals surface area contributed by atoms with E-state index in [1.165, 1.54) is 37.5 Å². The third kappa shape index (κ3) is 2.38. The third-order valence-corrected chi connectivity index (χ3v) is 7.22. The zero-order chi connectivity index (χ0) is 17.7. The standard InChI is InChI=1S/C22H18INOS/c1-2-11-24-18-9-5-3-8-16(18)20-21-17(12-14(13-23)25-21)15-7-4-6-10-19(15)26-22(20)24/h2-10,14H,1,11-13H2. The van der Waals surface area contributed by atoms with Crippen molar-refractivity contribution in [2.24, 2.45) is 0 Å². The molecule has 1 aromatic heterocycles. The Morgan fingerprint density at radius 3 is 2.85 bits per heavy atom. The van der Waals surface area contributed by atoms with E-state index in [0.717, 1.165) is 23.2 Å². The van der Waals surface area contributed by atoms with Crippen molar-refractivity contribution in [2.45, 2.75) is 29.0 Å². The SMILES string of the molecule is C=CCn1c2c(c3ccccc31)C1=C(CC(CI)O1)c1ccccc1S2. The largest absolute Gasteiger partial charge is 0.488 e. The molecule has 0 saturated heterocycles. The summed E-state index contributed by atoms with van der Waals surface area (Å²) in [6.45, 7) is 4.77. The van der Waals surface area contributed by atoms with Gasteiger partial charge in [-0.2, -0.15) is 0 Å². The van der Waals surface area contributed by atoms with Crippen molar-refractivity contribution in [1.82, 2.24) is 4.57 Å². The number of benzene rings is 2. The number of para-hydroxylation sites is 1. The Labute approximate surface area is 171 Å². The lowest BCUT2D eigenvalue weighted by atomic mass is 9.98. The number of hydrogen-bond acceptors (Lipinski definition) is 2. The molecule has 3 heterocycles. The maximum atomic E-state index is 6.50. The molecular formula is C22H18INOS. The van der Waals surface area contributed by atoms with E-state index in [1.54, 1.807) is 0 Å². The highest BCUT2D eigenvalue weighted by Gasteiger charge is 2.35. The van der Waals surface area contributed by atoms with Crippen LogP contribution in [0.1, 0.15) is 17.5 Å². The van der Waals surface area contributed by atoms with Crippen LogP contribution in [0.4, 0.5) is 0 Å². The number of rotatable bonds is 3. The molecule has 26 heavy (non-hydrogen) atoms. The molecular weight excluding hydrogens is 453 g/mol. The van der Waals surface area contributed by atoms with Crippen LogP contribution in [0, 0.1) is 0 Å². The molecule has 5 rings (SSSR count). The van der Waals surface area contributed by atoms with Crippen molar-refractivity contribution in [3.05, 3.63) is 72.3 Å². The Kier molecular flexibility index (Phi) is 4.13. The number of ether oxygens (including phenoxy) is 1. The predicted molar refractivity (Wildman–Crippen MR) is 118 cm³/mol. The zero-order valence-corrected chi connectivity index (χ0v) is 17.2. The summed E-state index contributed by atoms with van der Waals surface area (Å²) in [6.07, 6.45) is 3.21. The Morgan fingerprint density at radius 2 is 2.00 bits per heavy atom. The first-order valence-corrected chi connectivity index (χ1v) is 11.1. The molecule has 2 aliphatic rings. The van der Waals surface area contributed by atoms with E-state index in [1.807, 2.05) is 17.8 Å². The minimum Gasteiger partial charge on any atom is -0.488 e. The monoisotopic (exact) mass is 471 g/mol. The average molecular weight is 471 g/mol. The fraction of sp³-hybridized carbons (Fsp3) is 0.182. The maximum absolute atomic E-state index is 6.50. The van der Waals surface area contributed by atoms with Crippen molar-refractivity contribution in [3.63, 3.8) is 0 Å². The van der Waals surface area contributed by atoms with E-state index in [-0.39, 0.29) is 6.10 Å². The van der Waals surface area contributed by atoms with Crippen molar-refractivity contribution in [2.75, 3.05) is 4.43 Å². The first-order valence-electron chi connectivity index (χ1n) is 8.77. The molecule has 2 aliphatic heterocycles. The van der Waals surface area contributed by atoms with Crippen molar-refractivity contribution in [1.29, 1.82) is 0 Å². The quantitative estimate of drug-likeness (QED) is 0.250. The van der Waals surface area contributed by atoms with Gasteiger partial charge in [0.05, 0.1) is 10.6 Å². The van der Waals surface area contributed by atoms with Gasteiger partial charge in [0, 0.05) is 38.8 Å². The molecule has 130 valence electrons. The van der Waals surface area contributed by atoms with Crippen LogP contribution in [-0.2, 0) is 11.3 Å². The van der Waals surface area contributed by atoms with Crippen molar-refractivity contribution < 1.29 is 4.74 Å². The Bertz CT molecular complexity index is 1070. The molecule has 0 radical (unpaired) electrons. The highest BCUT2D eigenvalue weighted by Crippen LogP contribution is 2.52. The van der Waals surface area contributed by atoms with E-state index in [9.17, 15) is 0 Å². The lowest BCUT2D eigenvalue weighted by Gasteiger charge is -2.13. The molecule has 0 spiro atoms. The topological polar surface area (TPSA) is 14.2 Å². The van der Waals surface area contributed by atoms with E-state index in [0.29, 0.717) is 0 Å². The molecule has 4 heteroatoms. The zero-order valence-electron chi connectivity index (χ0n) is 14.2. The van der Waals surface area contributed by atoms with Gasteiger partial charge in [-0.05, 0) is 17.7 Å². The van der Waals surface area contributed by atoms with E-state index < -0.39 is 0 Å². The Balaban J connectivity index is 1.87. The highest BCUT2D eigenvalue weighted by molar-refractivity contribution is 14.1. The number of halogens is 1. The maximum Gasteiger partial charge on any atom is 0.134 e. The summed E-state index contributed by atoms with van der Waals surface area (Å²) >= 11 is 4.29. The van der Waals surface area contributed by atoms with Gasteiger partial charge in [0.15, 0.2) is 0 Å². The number of fused-ring (bicyclic) bond motifs is 6. The fourth-order valence-electron chi connectivity index (χ4n) is 3.95. The number of allylic oxidation sites excluding steroid dienone is 1. The van der Waals surface area contributed by atoms with Crippen LogP contribution >= 0.6 is 34.4 Å². The molecule has 2 nitrogen and oxygen atoms in total. The summed E-state index contributed by atoms with van der Waals surface area (Å²) < 4.78 is 9.87. The van der Waals surface area contributed by atoms with Crippen LogP contribution in [-0.4, -0.2) is 15.1 Å². The third-order valence-electron chi connectivity index (χ3n) is 5.04. The van der Waals surface area contributed by atoms with E-state index in [4.69, 9.17) is 4.74 Å². The van der Waals surface area contributed by atoms with Crippen molar-refractivity contribution in [3.8, 4) is 0 Å². The fourth-order valence-corrected chi connectivity index (χ4v) is 5.69. The van der Waals surface area contributed by atoms with Gasteiger partial charge in [-0.25, -0.2) is 0 Å². The summed E-state index contributed by atoms with van der Waals surface area (Å²) in [5.41, 5.74) is 5.18. The van der Waals surface area contributed by atoms with Crippen LogP contribution in [0.5, 0.6) is 0 Å². The van der Waals surface area contributed by atoms with Gasteiger partial charge < -0.3 is 9.30 Å². The van der Waals surface area contributed by atoms with Crippen LogP contribution in [0.3, 0.4) is 0 Å². The summed E-state index contributed by atoms with van der Waals surface area (Å²) in [5.74, 6) is 1.08. The van der Waals surface area contributed by atoms with Gasteiger partial charge >= 0.3 is 0 Å². The molecule has 0 amide bonds. The van der Waals surface area contributed by atoms with Gasteiger partial charge in [-0.1, -0.05) is 76.8 Å². The van der Waals surface area contributed by atoms with Crippen LogP contribution < -0.4 is 0 Å². The molecule has 2 aromatic carbocycles. The summed E-state index contributed by atoms with van der Waals surface area (Å²) in [5, 5.41) is 2.53. The minimum atomic E-state index is 0.256. The lowest BCUT2D eigenvalue weighted by Crippen LogP contribution is -2.07. The van der Waals surface area contributed by atoms with Crippen LogP contribution in [0.15, 0.2) is 71.1 Å². The molecule has 3 aromatic rings. The highest BCUT2D eigenvalue weighted by atomic mass is 127. The molecule has 0 aliphatic carbocycles. The van der Waals surface area contributed by atoms with Gasteiger partial charge in [-0.15, -0.1) is 6.58 Å². The van der Waals surface area contributed by atoms with Gasteiger partial charge in [0.25, 0.3) is 0 Å². The first-order chi connectivity index (χ1) is 12.8. The Hall–Kier alpha value is -1.66. The number of hydrogen-bond donors (Lipinski definition) is 0. The van der Waals surface area contributed by atoms with Gasteiger partial charge in [-0.3, -0.25) is 0 Å². The second kappa shape index (κ2) is 6.50. The average Bonchev–Trinajstić information content (AvgIpc) is 3.19. The molecule has 0 fully saturated rings. The van der Waals surface area contributed by atoms with Crippen LogP contribution in [0.2, 0.25) is 0 Å².